The number of thiocarbonyl (C=S) groups is 1. The van der Waals surface area contributed by atoms with Crippen LogP contribution in [0.1, 0.15) is 19.2 Å². The molecule has 0 saturated heterocycles. The Morgan fingerprint density at radius 2 is 2.50 bits per heavy atom. The molecule has 14 heavy (non-hydrogen) atoms. The van der Waals surface area contributed by atoms with E-state index in [4.69, 9.17) is 22.7 Å². The highest BCUT2D eigenvalue weighted by Gasteiger charge is 2.02. The lowest BCUT2D eigenvalue weighted by molar-refractivity contribution is 0.141. The van der Waals surface area contributed by atoms with Crippen LogP contribution in [0.25, 0.3) is 0 Å². The fraction of sp³-hybridized carbons (Fsp3) is 0.625. The summed E-state index contributed by atoms with van der Waals surface area (Å²) in [6.45, 7) is 4.23. The molecule has 0 aliphatic heterocycles. The summed E-state index contributed by atoms with van der Waals surface area (Å²) >= 11 is 4.74. The van der Waals surface area contributed by atoms with E-state index in [-0.39, 0.29) is 4.99 Å². The van der Waals surface area contributed by atoms with Gasteiger partial charge in [-0.05, 0) is 13.3 Å². The Balaban J connectivity index is 2.33. The van der Waals surface area contributed by atoms with Crippen molar-refractivity contribution in [3.63, 3.8) is 0 Å². The smallest absolute Gasteiger partial charge is 0.208 e. The monoisotopic (exact) mass is 214 g/mol. The second-order valence-electron chi connectivity index (χ2n) is 2.75. The van der Waals surface area contributed by atoms with Crippen molar-refractivity contribution in [1.29, 1.82) is 0 Å². The second kappa shape index (κ2) is 5.66. The molecule has 0 radical (unpaired) electrons. The van der Waals surface area contributed by atoms with Gasteiger partial charge >= 0.3 is 0 Å². The summed E-state index contributed by atoms with van der Waals surface area (Å²) in [6.07, 6.45) is 2.54. The van der Waals surface area contributed by atoms with Gasteiger partial charge in [0.2, 0.25) is 5.82 Å². The Kier molecular flexibility index (Phi) is 4.48. The van der Waals surface area contributed by atoms with Crippen LogP contribution in [0.5, 0.6) is 0 Å². The lowest BCUT2D eigenvalue weighted by Crippen LogP contribution is -2.12. The number of aromatic nitrogens is 3. The minimum atomic E-state index is 0.230. The summed E-state index contributed by atoms with van der Waals surface area (Å²) in [5.74, 6) is 0.427. The van der Waals surface area contributed by atoms with Crippen LogP contribution in [0, 0.1) is 0 Å². The molecule has 78 valence electrons. The fourth-order valence-corrected chi connectivity index (χ4v) is 1.08. The first-order valence-corrected chi connectivity index (χ1v) is 4.92. The Labute approximate surface area is 88.3 Å². The van der Waals surface area contributed by atoms with E-state index in [1.807, 2.05) is 6.92 Å². The van der Waals surface area contributed by atoms with E-state index >= 15 is 0 Å². The third-order valence-electron chi connectivity index (χ3n) is 1.64. The number of nitrogens with two attached hydrogens (primary N) is 1. The second-order valence-corrected chi connectivity index (χ2v) is 3.19. The van der Waals surface area contributed by atoms with E-state index in [0.29, 0.717) is 5.82 Å². The van der Waals surface area contributed by atoms with Gasteiger partial charge in [-0.25, -0.2) is 4.98 Å². The van der Waals surface area contributed by atoms with Gasteiger partial charge in [0.1, 0.15) is 11.3 Å². The van der Waals surface area contributed by atoms with Gasteiger partial charge in [0.15, 0.2) is 0 Å². The number of nitrogens with zero attached hydrogens (tertiary/aromatic N) is 3. The van der Waals surface area contributed by atoms with Crippen molar-refractivity contribution < 1.29 is 4.74 Å². The molecule has 0 spiro atoms. The van der Waals surface area contributed by atoms with Crippen LogP contribution in [-0.4, -0.2) is 33.0 Å². The summed E-state index contributed by atoms with van der Waals surface area (Å²) in [4.78, 5) is 4.19. The first kappa shape index (κ1) is 11.1. The molecule has 0 aromatic carbocycles. The highest BCUT2D eigenvalue weighted by molar-refractivity contribution is 7.80. The Bertz CT molecular complexity index is 299. The predicted octanol–water partition coefficient (Wildman–Crippen LogP) is 0.339. The molecule has 6 heteroatoms. The molecule has 1 rings (SSSR count). The normalized spacial score (nSPS) is 10.4. The third kappa shape index (κ3) is 3.39. The zero-order valence-electron chi connectivity index (χ0n) is 8.14. The molecule has 0 aliphatic carbocycles. The standard InChI is InChI=1S/C8H14N4OS/c1-2-13-5-3-4-12-6-10-8(11-12)7(9)14/h6H,2-5H2,1H3,(H2,9,14). The van der Waals surface area contributed by atoms with E-state index in [9.17, 15) is 0 Å². The van der Waals surface area contributed by atoms with Crippen molar-refractivity contribution in [2.24, 2.45) is 5.73 Å². The topological polar surface area (TPSA) is 66.0 Å². The highest BCUT2D eigenvalue weighted by Crippen LogP contribution is 1.92. The average molecular weight is 214 g/mol. The quantitative estimate of drug-likeness (QED) is 0.546. The van der Waals surface area contributed by atoms with Gasteiger partial charge in [-0.15, -0.1) is 5.10 Å². The number of hydrogen-bond acceptors (Lipinski definition) is 4. The number of hydrogen-bond donors (Lipinski definition) is 1. The summed E-state index contributed by atoms with van der Waals surface area (Å²) in [5.41, 5.74) is 5.37. The number of rotatable bonds is 6. The molecule has 1 aromatic heterocycles. The molecule has 2 N–H and O–H groups in total. The van der Waals surface area contributed by atoms with Crippen LogP contribution in [0.4, 0.5) is 0 Å². The molecule has 0 fully saturated rings. The lowest BCUT2D eigenvalue weighted by Gasteiger charge is -2.00. The fourth-order valence-electron chi connectivity index (χ4n) is 0.988. The molecular weight excluding hydrogens is 200 g/mol. The highest BCUT2D eigenvalue weighted by atomic mass is 32.1. The van der Waals surface area contributed by atoms with E-state index in [1.165, 1.54) is 0 Å². The van der Waals surface area contributed by atoms with Gasteiger partial charge in [0, 0.05) is 19.8 Å². The summed E-state index contributed by atoms with van der Waals surface area (Å²) in [6, 6.07) is 0. The van der Waals surface area contributed by atoms with Crippen LogP contribution < -0.4 is 5.73 Å². The van der Waals surface area contributed by atoms with Gasteiger partial charge in [0.05, 0.1) is 0 Å². The average Bonchev–Trinajstić information content (AvgIpc) is 2.61. The van der Waals surface area contributed by atoms with Crippen LogP contribution in [0.15, 0.2) is 6.33 Å². The van der Waals surface area contributed by atoms with Gasteiger partial charge in [-0.1, -0.05) is 12.2 Å². The zero-order chi connectivity index (χ0) is 10.4. The molecule has 0 atom stereocenters. The maximum absolute atomic E-state index is 5.37. The molecule has 1 aromatic rings. The molecular formula is C8H14N4OS. The van der Waals surface area contributed by atoms with Gasteiger partial charge in [0.25, 0.3) is 0 Å². The predicted molar refractivity (Wildman–Crippen MR) is 57.0 cm³/mol. The molecule has 5 nitrogen and oxygen atoms in total. The van der Waals surface area contributed by atoms with Crippen molar-refractivity contribution >= 4 is 17.2 Å². The Hall–Kier alpha value is -1.01. The molecule has 0 amide bonds. The van der Waals surface area contributed by atoms with Crippen molar-refractivity contribution in [2.45, 2.75) is 19.9 Å². The maximum atomic E-state index is 5.37. The minimum absolute atomic E-state index is 0.230. The maximum Gasteiger partial charge on any atom is 0.208 e. The van der Waals surface area contributed by atoms with E-state index in [2.05, 4.69) is 10.1 Å². The third-order valence-corrected chi connectivity index (χ3v) is 1.82. The van der Waals surface area contributed by atoms with Crippen LogP contribution in [0.3, 0.4) is 0 Å². The van der Waals surface area contributed by atoms with Gasteiger partial charge < -0.3 is 10.5 Å². The summed E-state index contributed by atoms with van der Waals surface area (Å²) in [5, 5.41) is 4.09. The van der Waals surface area contributed by atoms with Crippen molar-refractivity contribution in [3.8, 4) is 0 Å². The van der Waals surface area contributed by atoms with Crippen molar-refractivity contribution in [3.05, 3.63) is 12.2 Å². The summed E-state index contributed by atoms with van der Waals surface area (Å²) < 4.78 is 6.91. The Morgan fingerprint density at radius 1 is 1.71 bits per heavy atom. The molecule has 0 unspecified atom stereocenters. The van der Waals surface area contributed by atoms with E-state index < -0.39 is 0 Å². The molecule has 0 aliphatic rings. The van der Waals surface area contributed by atoms with Gasteiger partial charge in [-0.2, -0.15) is 0 Å². The molecule has 0 saturated carbocycles. The largest absolute Gasteiger partial charge is 0.387 e. The van der Waals surface area contributed by atoms with Crippen LogP contribution in [-0.2, 0) is 11.3 Å². The Morgan fingerprint density at radius 3 is 3.07 bits per heavy atom. The first-order chi connectivity index (χ1) is 6.74. The zero-order valence-corrected chi connectivity index (χ0v) is 8.96. The SMILES string of the molecule is CCOCCCn1cnc(C(N)=S)n1. The van der Waals surface area contributed by atoms with Gasteiger partial charge in [-0.3, -0.25) is 4.68 Å². The number of aryl methyl sites for hydroxylation is 1. The van der Waals surface area contributed by atoms with Crippen LogP contribution >= 0.6 is 12.2 Å². The number of ether oxygens (including phenoxy) is 1. The summed E-state index contributed by atoms with van der Waals surface area (Å²) in [7, 11) is 0. The van der Waals surface area contributed by atoms with Crippen molar-refractivity contribution in [1.82, 2.24) is 14.8 Å². The van der Waals surface area contributed by atoms with E-state index in [0.717, 1.165) is 26.2 Å². The lowest BCUT2D eigenvalue weighted by atomic mass is 10.4. The van der Waals surface area contributed by atoms with Crippen LogP contribution in [0.2, 0.25) is 0 Å². The molecule has 1 heterocycles. The first-order valence-electron chi connectivity index (χ1n) is 4.51. The molecule has 0 bridgehead atoms. The van der Waals surface area contributed by atoms with Crippen molar-refractivity contribution in [2.75, 3.05) is 13.2 Å². The van der Waals surface area contributed by atoms with E-state index in [1.54, 1.807) is 11.0 Å². The minimum Gasteiger partial charge on any atom is -0.387 e.